The van der Waals surface area contributed by atoms with E-state index >= 15 is 0 Å². The van der Waals surface area contributed by atoms with E-state index in [9.17, 15) is 8.42 Å². The molecule has 0 amide bonds. The van der Waals surface area contributed by atoms with Crippen molar-refractivity contribution in [2.75, 3.05) is 14.1 Å². The van der Waals surface area contributed by atoms with Crippen LogP contribution in [0.15, 0.2) is 29.2 Å². The fourth-order valence-corrected chi connectivity index (χ4v) is 2.74. The summed E-state index contributed by atoms with van der Waals surface area (Å²) in [6, 6.07) is 7.11. The normalized spacial score (nSPS) is 14.2. The van der Waals surface area contributed by atoms with Gasteiger partial charge in [-0.2, -0.15) is 0 Å². The maximum atomic E-state index is 11.9. The highest BCUT2D eigenvalue weighted by molar-refractivity contribution is 9.09. The van der Waals surface area contributed by atoms with Crippen molar-refractivity contribution in [2.24, 2.45) is 5.92 Å². The molecule has 3 nitrogen and oxygen atoms in total. The van der Waals surface area contributed by atoms with Gasteiger partial charge in [0.05, 0.1) is 4.90 Å². The molecule has 0 saturated heterocycles. The fraction of sp³-hybridized carbons (Fsp3) is 0.538. The molecule has 1 aromatic carbocycles. The van der Waals surface area contributed by atoms with Gasteiger partial charge in [-0.3, -0.25) is 0 Å². The number of hydrogen-bond donors (Lipinski definition) is 0. The number of benzene rings is 1. The number of nitrogens with zero attached hydrogens (tertiary/aromatic N) is 1. The molecule has 0 aliphatic rings. The summed E-state index contributed by atoms with van der Waals surface area (Å²) in [5.41, 5.74) is 1.14. The minimum absolute atomic E-state index is 0.340. The predicted molar refractivity (Wildman–Crippen MR) is 78.6 cm³/mol. The van der Waals surface area contributed by atoms with Crippen LogP contribution < -0.4 is 0 Å². The summed E-state index contributed by atoms with van der Waals surface area (Å²) >= 11 is 3.63. The summed E-state index contributed by atoms with van der Waals surface area (Å²) in [7, 11) is -0.240. The Hall–Kier alpha value is -0.390. The molecule has 1 atom stereocenters. The van der Waals surface area contributed by atoms with Crippen LogP contribution >= 0.6 is 15.9 Å². The van der Waals surface area contributed by atoms with Gasteiger partial charge in [0, 0.05) is 18.9 Å². The fourth-order valence-electron chi connectivity index (χ4n) is 1.47. The minimum Gasteiger partial charge on any atom is -0.207 e. The van der Waals surface area contributed by atoms with Gasteiger partial charge in [0.1, 0.15) is 0 Å². The molecule has 0 aliphatic carbocycles. The quantitative estimate of drug-likeness (QED) is 0.777. The Kier molecular flexibility index (Phi) is 5.37. The van der Waals surface area contributed by atoms with E-state index in [0.717, 1.165) is 12.0 Å². The molecule has 0 N–H and O–H groups in total. The second-order valence-corrected chi connectivity index (χ2v) is 8.22. The van der Waals surface area contributed by atoms with E-state index in [0.29, 0.717) is 15.6 Å². The molecule has 1 rings (SSSR count). The zero-order chi connectivity index (χ0) is 13.9. The molecule has 18 heavy (non-hydrogen) atoms. The molecule has 5 heteroatoms. The SMILES string of the molecule is CC(C)C(Br)Cc1ccc(S(=O)(=O)N(C)C)cc1. The average molecular weight is 334 g/mol. The van der Waals surface area contributed by atoms with Crippen molar-refractivity contribution in [1.82, 2.24) is 4.31 Å². The molecule has 0 fully saturated rings. The Morgan fingerprint density at radius 2 is 1.67 bits per heavy atom. The molecule has 0 heterocycles. The van der Waals surface area contributed by atoms with Gasteiger partial charge in [-0.25, -0.2) is 12.7 Å². The molecular weight excluding hydrogens is 314 g/mol. The van der Waals surface area contributed by atoms with Gasteiger partial charge in [-0.05, 0) is 30.0 Å². The molecule has 1 aromatic rings. The van der Waals surface area contributed by atoms with Gasteiger partial charge in [0.15, 0.2) is 0 Å². The predicted octanol–water partition coefficient (Wildman–Crippen LogP) is 2.90. The maximum Gasteiger partial charge on any atom is 0.242 e. The Balaban J connectivity index is 2.88. The summed E-state index contributed by atoms with van der Waals surface area (Å²) in [5, 5.41) is 0. The van der Waals surface area contributed by atoms with Crippen LogP contribution in [0.1, 0.15) is 19.4 Å². The first-order chi connectivity index (χ1) is 8.25. The Morgan fingerprint density at radius 3 is 2.06 bits per heavy atom. The number of alkyl halides is 1. The standard InChI is InChI=1S/C13H20BrNO2S/c1-10(2)13(14)9-11-5-7-12(8-6-11)18(16,17)15(3)4/h5-8,10,13H,9H2,1-4H3. The van der Waals surface area contributed by atoms with E-state index in [1.807, 2.05) is 12.1 Å². The Morgan fingerprint density at radius 1 is 1.17 bits per heavy atom. The first-order valence-corrected chi connectivity index (χ1v) is 8.26. The first-order valence-electron chi connectivity index (χ1n) is 5.90. The van der Waals surface area contributed by atoms with Crippen LogP contribution in [0.5, 0.6) is 0 Å². The molecular formula is C13H20BrNO2S. The third kappa shape index (κ3) is 3.80. The number of rotatable bonds is 5. The van der Waals surface area contributed by atoms with E-state index in [-0.39, 0.29) is 0 Å². The van der Waals surface area contributed by atoms with Gasteiger partial charge < -0.3 is 0 Å². The van der Waals surface area contributed by atoms with Crippen molar-refractivity contribution < 1.29 is 8.42 Å². The van der Waals surface area contributed by atoms with Crippen LogP contribution in [-0.4, -0.2) is 31.6 Å². The van der Waals surface area contributed by atoms with Crippen LogP contribution in [-0.2, 0) is 16.4 Å². The number of sulfonamides is 1. The van der Waals surface area contributed by atoms with Crippen LogP contribution in [0.3, 0.4) is 0 Å². The lowest BCUT2D eigenvalue weighted by Crippen LogP contribution is -2.22. The van der Waals surface area contributed by atoms with Crippen molar-refractivity contribution in [1.29, 1.82) is 0 Å². The zero-order valence-corrected chi connectivity index (χ0v) is 13.6. The summed E-state index contributed by atoms with van der Waals surface area (Å²) < 4.78 is 25.0. The summed E-state index contributed by atoms with van der Waals surface area (Å²) in [6.45, 7) is 4.31. The highest BCUT2D eigenvalue weighted by Gasteiger charge is 2.17. The van der Waals surface area contributed by atoms with Crippen molar-refractivity contribution in [2.45, 2.75) is 30.0 Å². The highest BCUT2D eigenvalue weighted by atomic mass is 79.9. The van der Waals surface area contributed by atoms with Crippen molar-refractivity contribution in [3.8, 4) is 0 Å². The molecule has 0 aromatic heterocycles. The van der Waals surface area contributed by atoms with E-state index < -0.39 is 10.0 Å². The lowest BCUT2D eigenvalue weighted by molar-refractivity contribution is 0.520. The van der Waals surface area contributed by atoms with Crippen LogP contribution in [0.25, 0.3) is 0 Å². The van der Waals surface area contributed by atoms with Gasteiger partial charge in [-0.15, -0.1) is 0 Å². The minimum atomic E-state index is -3.32. The van der Waals surface area contributed by atoms with E-state index in [1.165, 1.54) is 18.4 Å². The smallest absolute Gasteiger partial charge is 0.207 e. The molecule has 1 unspecified atom stereocenters. The van der Waals surface area contributed by atoms with Gasteiger partial charge in [0.2, 0.25) is 10.0 Å². The molecule has 0 spiro atoms. The first kappa shape index (κ1) is 15.7. The summed E-state index contributed by atoms with van der Waals surface area (Å²) in [5.74, 6) is 0.551. The molecule has 0 saturated carbocycles. The van der Waals surface area contributed by atoms with E-state index in [1.54, 1.807) is 12.1 Å². The van der Waals surface area contributed by atoms with E-state index in [4.69, 9.17) is 0 Å². The maximum absolute atomic E-state index is 11.9. The van der Waals surface area contributed by atoms with Crippen molar-refractivity contribution >= 4 is 26.0 Å². The molecule has 0 aliphatic heterocycles. The van der Waals surface area contributed by atoms with Gasteiger partial charge >= 0.3 is 0 Å². The van der Waals surface area contributed by atoms with Crippen LogP contribution in [0.2, 0.25) is 0 Å². The molecule has 0 radical (unpaired) electrons. The topological polar surface area (TPSA) is 37.4 Å². The Labute approximate surface area is 118 Å². The molecule has 0 bridgehead atoms. The molecule has 102 valence electrons. The van der Waals surface area contributed by atoms with E-state index in [2.05, 4.69) is 29.8 Å². The van der Waals surface area contributed by atoms with Crippen molar-refractivity contribution in [3.05, 3.63) is 29.8 Å². The largest absolute Gasteiger partial charge is 0.242 e. The Bertz CT molecular complexity index is 480. The van der Waals surface area contributed by atoms with Crippen LogP contribution in [0.4, 0.5) is 0 Å². The lowest BCUT2D eigenvalue weighted by Gasteiger charge is -2.15. The third-order valence-corrected chi connectivity index (χ3v) is 6.07. The summed E-state index contributed by atoms with van der Waals surface area (Å²) in [4.78, 5) is 0.751. The monoisotopic (exact) mass is 333 g/mol. The third-order valence-electron chi connectivity index (χ3n) is 2.86. The lowest BCUT2D eigenvalue weighted by atomic mass is 10.0. The second kappa shape index (κ2) is 6.17. The average Bonchev–Trinajstić information content (AvgIpc) is 2.29. The second-order valence-electron chi connectivity index (χ2n) is 4.90. The number of halogens is 1. The summed E-state index contributed by atoms with van der Waals surface area (Å²) in [6.07, 6.45) is 0.903. The number of hydrogen-bond acceptors (Lipinski definition) is 2. The van der Waals surface area contributed by atoms with Crippen molar-refractivity contribution in [3.63, 3.8) is 0 Å². The van der Waals surface area contributed by atoms with Crippen LogP contribution in [0, 0.1) is 5.92 Å². The van der Waals surface area contributed by atoms with Gasteiger partial charge in [-0.1, -0.05) is 41.9 Å². The van der Waals surface area contributed by atoms with Gasteiger partial charge in [0.25, 0.3) is 0 Å². The highest BCUT2D eigenvalue weighted by Crippen LogP contribution is 2.20. The zero-order valence-electron chi connectivity index (χ0n) is 11.2.